The molecule has 0 saturated carbocycles. The lowest BCUT2D eigenvalue weighted by atomic mass is 9.89. The number of imide groups is 2. The van der Waals surface area contributed by atoms with E-state index in [2.05, 4.69) is 111 Å². The first-order valence-electron chi connectivity index (χ1n) is 24.0. The number of aromatic nitrogens is 1. The zero-order valence-electron chi connectivity index (χ0n) is 39.8. The summed E-state index contributed by atoms with van der Waals surface area (Å²) in [5.74, 6) is -2.16. The second-order valence-electron chi connectivity index (χ2n) is 18.0. The number of piperidine rings is 1. The number of fused-ring (bicyclic) bond motifs is 2. The Morgan fingerprint density at radius 2 is 1.55 bits per heavy atom. The van der Waals surface area contributed by atoms with Crippen LogP contribution in [-0.2, 0) is 35.1 Å². The Kier molecular flexibility index (Phi) is 15.0. The lowest BCUT2D eigenvalue weighted by Gasteiger charge is -2.38. The minimum absolute atomic E-state index is 0.0360. The molecule has 2 unspecified atom stereocenters. The highest BCUT2D eigenvalue weighted by Gasteiger charge is 2.53. The molecular weight excluding hydrogens is 921 g/mol. The van der Waals surface area contributed by atoms with E-state index >= 15 is 0 Å². The van der Waals surface area contributed by atoms with Crippen molar-refractivity contribution in [1.82, 2.24) is 25.0 Å². The molecule has 0 bridgehead atoms. The fourth-order valence-corrected chi connectivity index (χ4v) is 10.2. The summed E-state index contributed by atoms with van der Waals surface area (Å²) in [6.45, 7) is 16.4. The van der Waals surface area contributed by atoms with E-state index in [1.807, 2.05) is 16.3 Å². The first-order valence-corrected chi connectivity index (χ1v) is 24.8. The summed E-state index contributed by atoms with van der Waals surface area (Å²) < 4.78 is 17.0. The number of piperazine rings is 1. The van der Waals surface area contributed by atoms with Crippen LogP contribution < -0.4 is 20.9 Å². The molecule has 4 aliphatic rings. The van der Waals surface area contributed by atoms with Gasteiger partial charge in [0.2, 0.25) is 11.8 Å². The van der Waals surface area contributed by atoms with Gasteiger partial charge in [-0.1, -0.05) is 73.8 Å². The largest absolute Gasteiger partial charge is 0.382 e. The van der Waals surface area contributed by atoms with E-state index in [9.17, 15) is 24.0 Å². The number of ether oxygens (including phenoxy) is 3. The van der Waals surface area contributed by atoms with Crippen LogP contribution in [0.15, 0.2) is 121 Å². The highest BCUT2D eigenvalue weighted by atomic mass is 32.1. The van der Waals surface area contributed by atoms with Gasteiger partial charge in [-0.15, -0.1) is 11.3 Å². The van der Waals surface area contributed by atoms with Crippen LogP contribution in [-0.4, -0.2) is 127 Å². The van der Waals surface area contributed by atoms with Crippen molar-refractivity contribution < 1.29 is 38.2 Å². The molecule has 9 rings (SSSR count). The Morgan fingerprint density at radius 1 is 0.831 bits per heavy atom. The second kappa shape index (κ2) is 21.9. The number of benzene rings is 4. The van der Waals surface area contributed by atoms with Gasteiger partial charge in [-0.2, -0.15) is 0 Å². The summed E-state index contributed by atoms with van der Waals surface area (Å²) in [5.41, 5.74) is 8.07. The zero-order valence-corrected chi connectivity index (χ0v) is 40.6. The quantitative estimate of drug-likeness (QED) is 0.0510. The average molecular weight is 979 g/mol. The maximum atomic E-state index is 13.5. The normalized spacial score (nSPS) is 18.1. The first-order chi connectivity index (χ1) is 34.5. The number of rotatable bonds is 21. The van der Waals surface area contributed by atoms with Gasteiger partial charge in [0.25, 0.3) is 17.7 Å². The minimum Gasteiger partial charge on any atom is -0.382 e. The number of carbonyl (C=O) groups excluding carboxylic acids is 5. The van der Waals surface area contributed by atoms with Gasteiger partial charge in [0.05, 0.1) is 63.2 Å². The van der Waals surface area contributed by atoms with Gasteiger partial charge in [-0.3, -0.25) is 34.2 Å². The van der Waals surface area contributed by atoms with Gasteiger partial charge in [0, 0.05) is 85.6 Å². The van der Waals surface area contributed by atoms with Gasteiger partial charge in [0.1, 0.15) is 5.54 Å². The van der Waals surface area contributed by atoms with Gasteiger partial charge in [-0.05, 0) is 65.9 Å². The zero-order chi connectivity index (χ0) is 49.5. The topological polar surface area (TPSA) is 175 Å². The molecule has 5 aromatic rings. The molecule has 17 heteroatoms. The van der Waals surface area contributed by atoms with E-state index in [-0.39, 0.29) is 35.9 Å². The Bertz CT molecular complexity index is 2800. The van der Waals surface area contributed by atoms with Gasteiger partial charge >= 0.3 is 0 Å². The van der Waals surface area contributed by atoms with E-state index in [4.69, 9.17) is 14.2 Å². The van der Waals surface area contributed by atoms with E-state index in [1.54, 1.807) is 35.7 Å². The molecule has 71 heavy (non-hydrogen) atoms. The molecule has 2 atom stereocenters. The summed E-state index contributed by atoms with van der Waals surface area (Å²) in [6, 6.07) is 30.5. The minimum atomic E-state index is -1.46. The summed E-state index contributed by atoms with van der Waals surface area (Å²) in [4.78, 5) is 76.1. The van der Waals surface area contributed by atoms with Crippen LogP contribution in [0.2, 0.25) is 0 Å². The molecule has 2 saturated heterocycles. The molecule has 368 valence electrons. The number of hydrogen-bond donors (Lipinski definition) is 3. The maximum absolute atomic E-state index is 13.5. The number of nitrogens with one attached hydrogen (secondary N) is 3. The Morgan fingerprint density at radius 3 is 2.27 bits per heavy atom. The van der Waals surface area contributed by atoms with Crippen molar-refractivity contribution in [2.75, 3.05) is 87.9 Å². The highest BCUT2D eigenvalue weighted by Crippen LogP contribution is 2.43. The fraction of sp³-hybridized carbons (Fsp3) is 0.333. The fourth-order valence-electron chi connectivity index (χ4n) is 9.62. The average Bonchev–Trinajstić information content (AvgIpc) is 4.09. The molecule has 2 fully saturated rings. The number of amides is 5. The molecular formula is C54H58N8O8S. The van der Waals surface area contributed by atoms with Gasteiger partial charge in [-0.25, -0.2) is 4.98 Å². The molecule has 1 aromatic heterocycles. The number of carbonyl (C=O) groups is 5. The van der Waals surface area contributed by atoms with Crippen molar-refractivity contribution in [1.29, 1.82) is 0 Å². The summed E-state index contributed by atoms with van der Waals surface area (Å²) >= 11 is 1.54. The van der Waals surface area contributed by atoms with Gasteiger partial charge < -0.3 is 39.5 Å². The van der Waals surface area contributed by atoms with Crippen molar-refractivity contribution in [3.63, 3.8) is 0 Å². The standard InChI is InChI=1S/C54H58N8O8S/c1-36(57-53-56-22-33-71-53)49(39-8-5-4-6-9-39)61-35-41-13-12-40(34-44(41)37(61)2)38-14-16-42(17-15-38)59-23-25-60(26-24-59)47(64)19-27-68-29-31-70-32-30-69-28-21-55-45-11-7-10-43-48(45)51(66)62(50(43)65)54(3)20-18-46(63)58-52(54)67/h4-17,22,33-34,49,55H,1-2,18-21,23-32,35H2,3H3,(H,56,57)(H,58,63,67). The number of nitrogens with zero attached hydrogens (tertiary/aromatic N) is 5. The monoisotopic (exact) mass is 978 g/mol. The highest BCUT2D eigenvalue weighted by molar-refractivity contribution is 7.13. The third kappa shape index (κ3) is 10.6. The third-order valence-electron chi connectivity index (χ3n) is 13.5. The Labute approximate surface area is 417 Å². The lowest BCUT2D eigenvalue weighted by molar-refractivity contribution is -0.141. The molecule has 0 radical (unpaired) electrons. The molecule has 4 aromatic carbocycles. The number of thiazole rings is 1. The number of hydrogen-bond acceptors (Lipinski definition) is 14. The van der Waals surface area contributed by atoms with Crippen molar-refractivity contribution in [2.45, 2.75) is 44.3 Å². The second-order valence-corrected chi connectivity index (χ2v) is 18.9. The van der Waals surface area contributed by atoms with Crippen LogP contribution in [0.4, 0.5) is 16.5 Å². The molecule has 3 N–H and O–H groups in total. The van der Waals surface area contributed by atoms with Crippen LogP contribution in [0, 0.1) is 0 Å². The molecule has 4 aliphatic heterocycles. The predicted molar refractivity (Wildman–Crippen MR) is 273 cm³/mol. The van der Waals surface area contributed by atoms with Crippen LogP contribution >= 0.6 is 11.3 Å². The van der Waals surface area contributed by atoms with Crippen LogP contribution in [0.3, 0.4) is 0 Å². The molecule has 0 aliphatic carbocycles. The molecule has 0 spiro atoms. The molecule has 5 heterocycles. The van der Waals surface area contributed by atoms with Crippen LogP contribution in [0.1, 0.15) is 69.6 Å². The van der Waals surface area contributed by atoms with Crippen LogP contribution in [0.25, 0.3) is 16.8 Å². The Balaban J connectivity index is 0.646. The van der Waals surface area contributed by atoms with Crippen molar-refractivity contribution in [2.24, 2.45) is 0 Å². The smallest absolute Gasteiger partial charge is 0.264 e. The van der Waals surface area contributed by atoms with Crippen LogP contribution in [0.5, 0.6) is 0 Å². The predicted octanol–water partition coefficient (Wildman–Crippen LogP) is 6.96. The van der Waals surface area contributed by atoms with E-state index in [1.165, 1.54) is 12.5 Å². The number of anilines is 3. The maximum Gasteiger partial charge on any atom is 0.264 e. The molecule has 5 amide bonds. The third-order valence-corrected chi connectivity index (χ3v) is 14.2. The first kappa shape index (κ1) is 48.8. The summed E-state index contributed by atoms with van der Waals surface area (Å²) in [5, 5.41) is 11.6. The molecule has 16 nitrogen and oxygen atoms in total. The SMILES string of the molecule is C=C(Nc1nccs1)C(c1ccccc1)N1Cc2ccc(-c3ccc(N4CCN(C(=O)CCOCCOCCOCCNc5cccc6c5C(=O)N(C5(C)CCC(=O)NC5=O)C6=O)CC4)cc3)cc2C1=C. The van der Waals surface area contributed by atoms with Gasteiger partial charge in [0.15, 0.2) is 5.13 Å². The van der Waals surface area contributed by atoms with Crippen molar-refractivity contribution >= 4 is 63.1 Å². The summed E-state index contributed by atoms with van der Waals surface area (Å²) in [7, 11) is 0. The van der Waals surface area contributed by atoms with E-state index < -0.39 is 29.2 Å². The lowest BCUT2D eigenvalue weighted by Crippen LogP contribution is -2.62. The van der Waals surface area contributed by atoms with Crippen molar-refractivity contribution in [3.8, 4) is 11.1 Å². The van der Waals surface area contributed by atoms with Crippen molar-refractivity contribution in [3.05, 3.63) is 149 Å². The summed E-state index contributed by atoms with van der Waals surface area (Å²) in [6.07, 6.45) is 2.19. The Hall–Kier alpha value is -7.18. The van der Waals surface area contributed by atoms with E-state index in [0.29, 0.717) is 71.4 Å². The van der Waals surface area contributed by atoms with E-state index in [0.717, 1.165) is 69.0 Å².